The van der Waals surface area contributed by atoms with Gasteiger partial charge in [0, 0.05) is 30.8 Å². The van der Waals surface area contributed by atoms with Crippen LogP contribution in [0.4, 0.5) is 14.9 Å². The van der Waals surface area contributed by atoms with Crippen LogP contribution in [0.2, 0.25) is 0 Å². The Morgan fingerprint density at radius 2 is 1.93 bits per heavy atom. The fourth-order valence-electron chi connectivity index (χ4n) is 3.36. The molecule has 4 rings (SSSR count). The lowest BCUT2D eigenvalue weighted by Gasteiger charge is -2.39. The van der Waals surface area contributed by atoms with Crippen LogP contribution in [0.15, 0.2) is 53.5 Å². The van der Waals surface area contributed by atoms with Crippen molar-refractivity contribution in [2.45, 2.75) is 13.0 Å². The number of nitrogens with one attached hydrogen (secondary N) is 1. The van der Waals surface area contributed by atoms with Crippen molar-refractivity contribution >= 4 is 23.5 Å². The number of hydrogen-bond acceptors (Lipinski definition) is 3. The summed E-state index contributed by atoms with van der Waals surface area (Å²) >= 11 is 0. The van der Waals surface area contributed by atoms with Gasteiger partial charge in [0.05, 0.1) is 5.69 Å². The van der Waals surface area contributed by atoms with E-state index in [1.54, 1.807) is 23.1 Å². The number of carbonyl (C=O) groups excluding carboxylic acids is 2. The van der Waals surface area contributed by atoms with Gasteiger partial charge in [0.2, 0.25) is 5.91 Å². The van der Waals surface area contributed by atoms with Crippen LogP contribution < -0.4 is 10.2 Å². The number of hydrogen-bond donors (Lipinski definition) is 1. The quantitative estimate of drug-likeness (QED) is 0.904. The minimum absolute atomic E-state index is 0.0750. The monoisotopic (exact) mass is 366 g/mol. The molecule has 2 aliphatic heterocycles. The van der Waals surface area contributed by atoms with Gasteiger partial charge in [0.25, 0.3) is 0 Å². The number of amides is 3. The Bertz CT molecular complexity index is 928. The van der Waals surface area contributed by atoms with Crippen LogP contribution in [0.5, 0.6) is 0 Å². The molecule has 27 heavy (non-hydrogen) atoms. The summed E-state index contributed by atoms with van der Waals surface area (Å²) in [5.74, 6) is -0.0463. The van der Waals surface area contributed by atoms with Gasteiger partial charge in [-0.1, -0.05) is 30.3 Å². The van der Waals surface area contributed by atoms with Gasteiger partial charge in [-0.05, 0) is 24.6 Å². The van der Waals surface area contributed by atoms with E-state index in [1.807, 2.05) is 24.3 Å². The zero-order valence-electron chi connectivity index (χ0n) is 14.7. The van der Waals surface area contributed by atoms with Crippen LogP contribution in [0.25, 0.3) is 0 Å². The second-order valence-corrected chi connectivity index (χ2v) is 6.46. The fraction of sp³-hybridized carbons (Fsp3) is 0.250. The van der Waals surface area contributed by atoms with Crippen LogP contribution in [-0.2, 0) is 11.3 Å². The van der Waals surface area contributed by atoms with Gasteiger partial charge in [-0.2, -0.15) is 0 Å². The maximum absolute atomic E-state index is 13.7. The Kier molecular flexibility index (Phi) is 4.58. The summed E-state index contributed by atoms with van der Waals surface area (Å²) in [5.41, 5.74) is 1.92. The zero-order chi connectivity index (χ0) is 18.8. The maximum Gasteiger partial charge on any atom is 0.330 e. The molecule has 0 atom stereocenters. The summed E-state index contributed by atoms with van der Waals surface area (Å²) in [7, 11) is 0. The molecule has 3 amide bonds. The molecule has 1 N–H and O–H groups in total. The van der Waals surface area contributed by atoms with E-state index in [4.69, 9.17) is 0 Å². The lowest BCUT2D eigenvalue weighted by atomic mass is 10.1. The van der Waals surface area contributed by atoms with Crippen molar-refractivity contribution in [3.8, 4) is 0 Å². The molecule has 2 aromatic carbocycles. The number of halogens is 1. The first-order valence-corrected chi connectivity index (χ1v) is 8.88. The van der Waals surface area contributed by atoms with Gasteiger partial charge in [-0.25, -0.2) is 9.18 Å². The van der Waals surface area contributed by atoms with E-state index in [0.717, 1.165) is 12.0 Å². The van der Waals surface area contributed by atoms with Gasteiger partial charge in [-0.3, -0.25) is 19.6 Å². The largest absolute Gasteiger partial charge is 0.350 e. The topological polar surface area (TPSA) is 65.0 Å². The summed E-state index contributed by atoms with van der Waals surface area (Å²) in [6.45, 7) is 1.22. The Labute approximate surface area is 156 Å². The highest BCUT2D eigenvalue weighted by Gasteiger charge is 2.36. The lowest BCUT2D eigenvalue weighted by Crippen LogP contribution is -2.55. The van der Waals surface area contributed by atoms with Crippen LogP contribution in [0.3, 0.4) is 0 Å². The number of carbonyl (C=O) groups is 2. The average Bonchev–Trinajstić information content (AvgIpc) is 2.70. The molecular weight excluding hydrogens is 347 g/mol. The van der Waals surface area contributed by atoms with E-state index in [1.165, 1.54) is 11.0 Å². The molecule has 2 aliphatic rings. The molecule has 0 bridgehead atoms. The fourth-order valence-corrected chi connectivity index (χ4v) is 3.36. The third-order valence-electron chi connectivity index (χ3n) is 4.69. The summed E-state index contributed by atoms with van der Waals surface area (Å²) in [6, 6.07) is 13.5. The highest BCUT2D eigenvalue weighted by Crippen LogP contribution is 2.30. The number of rotatable bonds is 4. The minimum atomic E-state index is -0.369. The lowest BCUT2D eigenvalue weighted by molar-refractivity contribution is -0.119. The molecule has 0 spiro atoms. The van der Waals surface area contributed by atoms with Crippen molar-refractivity contribution < 1.29 is 14.0 Å². The van der Waals surface area contributed by atoms with Crippen LogP contribution >= 0.6 is 0 Å². The Morgan fingerprint density at radius 3 is 2.78 bits per heavy atom. The predicted octanol–water partition coefficient (Wildman–Crippen LogP) is 2.53. The number of anilines is 1. The van der Waals surface area contributed by atoms with Gasteiger partial charge >= 0.3 is 6.03 Å². The number of aliphatic imine (C=N–C) groups is 1. The molecule has 0 fully saturated rings. The standard InChI is InChI=1S/C20H19FN4O2/c21-16-8-3-1-6-14(16)12-23-18(26)13-25-17-9-4-2-7-15(17)19-22-10-5-11-24(19)20(25)27/h1-4,6-9H,5,10-13H2,(H,23,26). The maximum atomic E-state index is 13.7. The number of nitrogens with zero attached hydrogens (tertiary/aromatic N) is 3. The second kappa shape index (κ2) is 7.19. The van der Waals surface area contributed by atoms with Crippen LogP contribution in [0.1, 0.15) is 17.5 Å². The molecule has 2 heterocycles. The minimum Gasteiger partial charge on any atom is -0.350 e. The van der Waals surface area contributed by atoms with Crippen molar-refractivity contribution in [2.75, 3.05) is 24.5 Å². The Hall–Kier alpha value is -3.22. The van der Waals surface area contributed by atoms with Crippen LogP contribution in [-0.4, -0.2) is 42.3 Å². The summed E-state index contributed by atoms with van der Waals surface area (Å²) in [5, 5.41) is 2.69. The highest BCUT2D eigenvalue weighted by atomic mass is 19.1. The molecule has 0 saturated carbocycles. The number of amidine groups is 1. The Morgan fingerprint density at radius 1 is 1.15 bits per heavy atom. The normalized spacial score (nSPS) is 15.7. The van der Waals surface area contributed by atoms with E-state index in [0.29, 0.717) is 30.2 Å². The van der Waals surface area contributed by atoms with E-state index >= 15 is 0 Å². The average molecular weight is 366 g/mol. The van der Waals surface area contributed by atoms with Crippen molar-refractivity contribution in [2.24, 2.45) is 4.99 Å². The summed E-state index contributed by atoms with van der Waals surface area (Å²) in [4.78, 5) is 32.9. The van der Waals surface area contributed by atoms with Gasteiger partial charge in [-0.15, -0.1) is 0 Å². The molecule has 138 valence electrons. The molecule has 0 aliphatic carbocycles. The first kappa shape index (κ1) is 17.2. The Balaban J connectivity index is 1.53. The van der Waals surface area contributed by atoms with E-state index in [2.05, 4.69) is 10.3 Å². The van der Waals surface area contributed by atoms with E-state index < -0.39 is 0 Å². The van der Waals surface area contributed by atoms with E-state index in [-0.39, 0.29) is 30.8 Å². The summed E-state index contributed by atoms with van der Waals surface area (Å²) < 4.78 is 13.7. The third kappa shape index (κ3) is 3.28. The predicted molar refractivity (Wildman–Crippen MR) is 100 cm³/mol. The first-order chi connectivity index (χ1) is 13.1. The van der Waals surface area contributed by atoms with E-state index in [9.17, 15) is 14.0 Å². The third-order valence-corrected chi connectivity index (χ3v) is 4.69. The molecule has 0 aromatic heterocycles. The molecule has 2 aromatic rings. The zero-order valence-corrected chi connectivity index (χ0v) is 14.7. The van der Waals surface area contributed by atoms with Gasteiger partial charge < -0.3 is 5.32 Å². The van der Waals surface area contributed by atoms with Crippen LogP contribution in [0, 0.1) is 5.82 Å². The molecule has 0 radical (unpaired) electrons. The molecule has 0 saturated heterocycles. The number of para-hydroxylation sites is 1. The molecule has 7 heteroatoms. The SMILES string of the molecule is O=C(CN1C(=O)N2CCCN=C2c2ccccc21)NCc1ccccc1F. The highest BCUT2D eigenvalue weighted by molar-refractivity contribution is 6.20. The van der Waals surface area contributed by atoms with Crippen molar-refractivity contribution in [3.05, 3.63) is 65.5 Å². The number of fused-ring (bicyclic) bond motifs is 3. The first-order valence-electron chi connectivity index (χ1n) is 8.88. The number of urea groups is 1. The van der Waals surface area contributed by atoms with Gasteiger partial charge in [0.15, 0.2) is 0 Å². The van der Waals surface area contributed by atoms with Crippen molar-refractivity contribution in [1.82, 2.24) is 10.2 Å². The molecular formula is C20H19FN4O2. The van der Waals surface area contributed by atoms with Crippen molar-refractivity contribution in [1.29, 1.82) is 0 Å². The molecule has 6 nitrogen and oxygen atoms in total. The number of benzene rings is 2. The smallest absolute Gasteiger partial charge is 0.330 e. The van der Waals surface area contributed by atoms with Crippen molar-refractivity contribution in [3.63, 3.8) is 0 Å². The molecule has 0 unspecified atom stereocenters. The summed E-state index contributed by atoms with van der Waals surface area (Å²) in [6.07, 6.45) is 0.796. The van der Waals surface area contributed by atoms with Gasteiger partial charge in [0.1, 0.15) is 18.2 Å². The second-order valence-electron chi connectivity index (χ2n) is 6.46.